The summed E-state index contributed by atoms with van der Waals surface area (Å²) in [6.07, 6.45) is 9.90. The number of hydrogen-bond donors (Lipinski definition) is 1. The summed E-state index contributed by atoms with van der Waals surface area (Å²) in [5.41, 5.74) is 0. The van der Waals surface area contributed by atoms with E-state index in [0.717, 1.165) is 19.3 Å². The molecule has 1 aromatic rings. The third-order valence-corrected chi connectivity index (χ3v) is 3.43. The van der Waals surface area contributed by atoms with E-state index in [1.54, 1.807) is 0 Å². The Morgan fingerprint density at radius 2 is 2.06 bits per heavy atom. The van der Waals surface area contributed by atoms with Gasteiger partial charge in [0.25, 0.3) is 0 Å². The molecular formula is C14H27N3. The van der Waals surface area contributed by atoms with Crippen LogP contribution in [0.4, 0.5) is 0 Å². The molecule has 1 N–H and O–H groups in total. The fourth-order valence-corrected chi connectivity index (χ4v) is 2.58. The van der Waals surface area contributed by atoms with Crippen molar-refractivity contribution in [3.8, 4) is 0 Å². The maximum Gasteiger partial charge on any atom is 0.108 e. The van der Waals surface area contributed by atoms with Crippen LogP contribution < -0.4 is 5.32 Å². The Bertz CT molecular complexity index is 306. The molecule has 3 heteroatoms. The van der Waals surface area contributed by atoms with Gasteiger partial charge in [-0.05, 0) is 26.3 Å². The van der Waals surface area contributed by atoms with E-state index in [0.29, 0.717) is 12.1 Å². The molecule has 0 amide bonds. The van der Waals surface area contributed by atoms with E-state index in [1.165, 1.54) is 18.7 Å². The molecule has 1 heterocycles. The highest BCUT2D eigenvalue weighted by Gasteiger charge is 2.20. The van der Waals surface area contributed by atoms with Gasteiger partial charge < -0.3 is 9.88 Å². The third-order valence-electron chi connectivity index (χ3n) is 3.43. The summed E-state index contributed by atoms with van der Waals surface area (Å²) >= 11 is 0. The van der Waals surface area contributed by atoms with Gasteiger partial charge in [0.2, 0.25) is 0 Å². The molecule has 0 spiro atoms. The number of likely N-dealkylation sites (N-methyl/N-ethyl adjacent to an activating group) is 1. The maximum atomic E-state index is 4.49. The number of rotatable bonds is 8. The predicted molar refractivity (Wildman–Crippen MR) is 73.3 cm³/mol. The van der Waals surface area contributed by atoms with Gasteiger partial charge in [-0.2, -0.15) is 0 Å². The van der Waals surface area contributed by atoms with E-state index in [-0.39, 0.29) is 0 Å². The lowest BCUT2D eigenvalue weighted by molar-refractivity contribution is 0.329. The topological polar surface area (TPSA) is 29.9 Å². The van der Waals surface area contributed by atoms with Crippen molar-refractivity contribution in [3.05, 3.63) is 18.2 Å². The lowest BCUT2D eigenvalue weighted by Crippen LogP contribution is -2.35. The Kier molecular flexibility index (Phi) is 6.27. The van der Waals surface area contributed by atoms with Crippen LogP contribution in [-0.4, -0.2) is 22.6 Å². The highest BCUT2D eigenvalue weighted by Crippen LogP contribution is 2.21. The minimum absolute atomic E-state index is 0.531. The van der Waals surface area contributed by atoms with E-state index in [9.17, 15) is 0 Å². The van der Waals surface area contributed by atoms with Gasteiger partial charge in [-0.3, -0.25) is 0 Å². The summed E-state index contributed by atoms with van der Waals surface area (Å²) in [6, 6.07) is 1.08. The van der Waals surface area contributed by atoms with Crippen molar-refractivity contribution >= 4 is 0 Å². The molecule has 2 unspecified atom stereocenters. The van der Waals surface area contributed by atoms with Crippen molar-refractivity contribution in [2.24, 2.45) is 0 Å². The van der Waals surface area contributed by atoms with Crippen LogP contribution in [0.3, 0.4) is 0 Å². The average Bonchev–Trinajstić information content (AvgIpc) is 2.78. The first kappa shape index (κ1) is 14.2. The molecule has 0 aliphatic rings. The molecule has 1 rings (SSSR count). The van der Waals surface area contributed by atoms with Crippen LogP contribution in [0.1, 0.15) is 58.3 Å². The lowest BCUT2D eigenvalue weighted by Gasteiger charge is -2.28. The number of nitrogens with one attached hydrogen (secondary N) is 1. The molecule has 0 bridgehead atoms. The fourth-order valence-electron chi connectivity index (χ4n) is 2.58. The zero-order valence-electron chi connectivity index (χ0n) is 11.7. The summed E-state index contributed by atoms with van der Waals surface area (Å²) in [4.78, 5) is 4.49. The Balaban J connectivity index is 2.86. The van der Waals surface area contributed by atoms with Gasteiger partial charge in [0, 0.05) is 30.9 Å². The number of aromatic nitrogens is 2. The van der Waals surface area contributed by atoms with E-state index < -0.39 is 0 Å². The molecule has 98 valence electrons. The summed E-state index contributed by atoms with van der Waals surface area (Å²) < 4.78 is 2.38. The van der Waals surface area contributed by atoms with Crippen molar-refractivity contribution in [1.82, 2.24) is 14.9 Å². The van der Waals surface area contributed by atoms with Gasteiger partial charge in [-0.15, -0.1) is 0 Å². The molecule has 2 atom stereocenters. The van der Waals surface area contributed by atoms with Crippen molar-refractivity contribution in [2.45, 2.75) is 65.0 Å². The summed E-state index contributed by atoms with van der Waals surface area (Å²) in [5.74, 6) is 1.23. The van der Waals surface area contributed by atoms with Gasteiger partial charge in [0.15, 0.2) is 0 Å². The smallest absolute Gasteiger partial charge is 0.108 e. The molecule has 0 saturated heterocycles. The molecule has 0 aliphatic carbocycles. The van der Waals surface area contributed by atoms with Crippen molar-refractivity contribution < 1.29 is 0 Å². The molecule has 0 radical (unpaired) electrons. The first-order valence-electron chi connectivity index (χ1n) is 6.97. The second-order valence-corrected chi connectivity index (χ2v) is 4.66. The number of aryl methyl sites for hydroxylation is 1. The van der Waals surface area contributed by atoms with Crippen molar-refractivity contribution in [1.29, 1.82) is 0 Å². The van der Waals surface area contributed by atoms with Crippen LogP contribution in [0.2, 0.25) is 0 Å². The van der Waals surface area contributed by atoms with Gasteiger partial charge in [0.05, 0.1) is 0 Å². The Labute approximate surface area is 106 Å². The first-order valence-corrected chi connectivity index (χ1v) is 6.97. The molecule has 3 nitrogen and oxygen atoms in total. The minimum atomic E-state index is 0.531. The van der Waals surface area contributed by atoms with E-state index in [1.807, 2.05) is 6.20 Å². The highest BCUT2D eigenvalue weighted by molar-refractivity contribution is 4.98. The molecule has 0 aromatic carbocycles. The van der Waals surface area contributed by atoms with Crippen LogP contribution >= 0.6 is 0 Å². The van der Waals surface area contributed by atoms with Gasteiger partial charge >= 0.3 is 0 Å². The van der Waals surface area contributed by atoms with Crippen LogP contribution in [0.5, 0.6) is 0 Å². The molecule has 0 saturated carbocycles. The van der Waals surface area contributed by atoms with E-state index in [2.05, 4.69) is 48.9 Å². The summed E-state index contributed by atoms with van der Waals surface area (Å²) in [7, 11) is 2.07. The maximum absolute atomic E-state index is 4.49. The summed E-state index contributed by atoms with van der Waals surface area (Å²) in [6.45, 7) is 6.72. The van der Waals surface area contributed by atoms with Gasteiger partial charge in [-0.25, -0.2) is 4.98 Å². The van der Waals surface area contributed by atoms with Crippen LogP contribution in [-0.2, 0) is 6.42 Å². The monoisotopic (exact) mass is 237 g/mol. The highest BCUT2D eigenvalue weighted by atomic mass is 15.1. The van der Waals surface area contributed by atoms with Crippen molar-refractivity contribution in [3.63, 3.8) is 0 Å². The Hall–Kier alpha value is -0.830. The number of nitrogens with zero attached hydrogens (tertiary/aromatic N) is 2. The largest absolute Gasteiger partial charge is 0.330 e. The Morgan fingerprint density at radius 3 is 2.59 bits per heavy atom. The molecule has 0 fully saturated rings. The molecule has 17 heavy (non-hydrogen) atoms. The average molecular weight is 237 g/mol. The molecule has 1 aromatic heterocycles. The molecule has 0 aliphatic heterocycles. The second-order valence-electron chi connectivity index (χ2n) is 4.66. The fraction of sp³-hybridized carbons (Fsp3) is 0.786. The normalized spacial score (nSPS) is 14.8. The van der Waals surface area contributed by atoms with Crippen LogP contribution in [0, 0.1) is 0 Å². The Morgan fingerprint density at radius 1 is 1.29 bits per heavy atom. The van der Waals surface area contributed by atoms with Crippen molar-refractivity contribution in [2.75, 3.05) is 7.05 Å². The van der Waals surface area contributed by atoms with Gasteiger partial charge in [0.1, 0.15) is 5.82 Å². The quantitative estimate of drug-likeness (QED) is 0.752. The second kappa shape index (κ2) is 7.49. The zero-order chi connectivity index (χ0) is 12.7. The predicted octanol–water partition coefficient (Wildman–Crippen LogP) is 3.17. The third kappa shape index (κ3) is 3.56. The lowest BCUT2D eigenvalue weighted by atomic mass is 10.0. The minimum Gasteiger partial charge on any atom is -0.330 e. The van der Waals surface area contributed by atoms with E-state index >= 15 is 0 Å². The zero-order valence-corrected chi connectivity index (χ0v) is 11.7. The van der Waals surface area contributed by atoms with Crippen LogP contribution in [0.25, 0.3) is 0 Å². The number of imidazole rings is 1. The van der Waals surface area contributed by atoms with Crippen LogP contribution in [0.15, 0.2) is 12.4 Å². The molecular weight excluding hydrogens is 210 g/mol. The SMILES string of the molecule is CCCc1nccn1C(CC)C(CCC)NC. The van der Waals surface area contributed by atoms with Gasteiger partial charge in [-0.1, -0.05) is 27.2 Å². The summed E-state index contributed by atoms with van der Waals surface area (Å²) in [5, 5.41) is 3.46. The van der Waals surface area contributed by atoms with E-state index in [4.69, 9.17) is 0 Å². The standard InChI is InChI=1S/C14H27N3/c1-5-8-12(15-4)13(7-3)17-11-10-16-14(17)9-6-2/h10-13,15H,5-9H2,1-4H3. The number of hydrogen-bond acceptors (Lipinski definition) is 2. The first-order chi connectivity index (χ1) is 8.28.